The Hall–Kier alpha value is -3.96. The third kappa shape index (κ3) is 7.55. The number of carbonyl (C=O) groups excluding carboxylic acids is 2. The molecule has 3 rings (SSSR count). The number of carbonyl (C=O) groups is 2. The number of hydrogen-bond donors (Lipinski definition) is 1. The van der Waals surface area contributed by atoms with Crippen molar-refractivity contribution in [3.8, 4) is 0 Å². The molecule has 10 nitrogen and oxygen atoms in total. The van der Waals surface area contributed by atoms with Crippen molar-refractivity contribution in [2.45, 2.75) is 44.3 Å². The molecular formula is C27H29ClN4O6S. The highest BCUT2D eigenvalue weighted by atomic mass is 35.5. The third-order valence-electron chi connectivity index (χ3n) is 5.80. The number of benzene rings is 3. The van der Waals surface area contributed by atoms with Gasteiger partial charge < -0.3 is 10.2 Å². The van der Waals surface area contributed by atoms with Gasteiger partial charge in [-0.15, -0.1) is 0 Å². The SMILES string of the molecule is CC(C)NC(=O)[C@@H](C)N(Cc1ccc(Cl)cc1)C(=O)CN(c1cccc([N+](=O)[O-])c1)S(=O)(=O)c1ccccc1. The Bertz CT molecular complexity index is 1430. The zero-order valence-corrected chi connectivity index (χ0v) is 23.2. The van der Waals surface area contributed by atoms with Crippen LogP contribution in [-0.2, 0) is 26.2 Å². The largest absolute Gasteiger partial charge is 0.352 e. The molecule has 0 aromatic heterocycles. The molecule has 0 radical (unpaired) electrons. The second-order valence-corrected chi connectivity index (χ2v) is 11.4. The van der Waals surface area contributed by atoms with Crippen LogP contribution in [0, 0.1) is 10.1 Å². The Balaban J connectivity index is 2.06. The van der Waals surface area contributed by atoms with Gasteiger partial charge in [0.1, 0.15) is 12.6 Å². The molecule has 2 amide bonds. The van der Waals surface area contributed by atoms with Crippen molar-refractivity contribution in [2.75, 3.05) is 10.8 Å². The highest BCUT2D eigenvalue weighted by molar-refractivity contribution is 7.92. The van der Waals surface area contributed by atoms with E-state index in [1.165, 1.54) is 47.4 Å². The van der Waals surface area contributed by atoms with Crippen LogP contribution in [0.4, 0.5) is 11.4 Å². The fourth-order valence-electron chi connectivity index (χ4n) is 3.78. The summed E-state index contributed by atoms with van der Waals surface area (Å²) in [4.78, 5) is 38.6. The second kappa shape index (κ2) is 12.7. The van der Waals surface area contributed by atoms with E-state index in [9.17, 15) is 28.1 Å². The van der Waals surface area contributed by atoms with Crippen LogP contribution in [0.1, 0.15) is 26.3 Å². The van der Waals surface area contributed by atoms with Crippen molar-refractivity contribution in [3.63, 3.8) is 0 Å². The lowest BCUT2D eigenvalue weighted by Gasteiger charge is -2.32. The van der Waals surface area contributed by atoms with E-state index in [-0.39, 0.29) is 28.9 Å². The summed E-state index contributed by atoms with van der Waals surface area (Å²) in [6, 6.07) is 18.0. The lowest BCUT2D eigenvalue weighted by atomic mass is 10.1. The van der Waals surface area contributed by atoms with Gasteiger partial charge in [0.15, 0.2) is 0 Å². The Kier molecular flexibility index (Phi) is 9.66. The predicted molar refractivity (Wildman–Crippen MR) is 149 cm³/mol. The van der Waals surface area contributed by atoms with Crippen molar-refractivity contribution in [3.05, 3.63) is 99.6 Å². The quantitative estimate of drug-likeness (QED) is 0.268. The summed E-state index contributed by atoms with van der Waals surface area (Å²) in [5.41, 5.74) is 0.271. The molecule has 0 heterocycles. The predicted octanol–water partition coefficient (Wildman–Crippen LogP) is 4.39. The molecule has 3 aromatic rings. The molecule has 0 unspecified atom stereocenters. The lowest BCUT2D eigenvalue weighted by molar-refractivity contribution is -0.384. The van der Waals surface area contributed by atoms with E-state index < -0.39 is 39.3 Å². The fourth-order valence-corrected chi connectivity index (χ4v) is 5.34. The Morgan fingerprint density at radius 1 is 0.974 bits per heavy atom. The number of anilines is 1. The van der Waals surface area contributed by atoms with Crippen LogP contribution in [0.3, 0.4) is 0 Å². The molecule has 0 spiro atoms. The maximum absolute atomic E-state index is 13.8. The Labute approximate surface area is 232 Å². The monoisotopic (exact) mass is 572 g/mol. The maximum atomic E-state index is 13.8. The molecule has 206 valence electrons. The van der Waals surface area contributed by atoms with Gasteiger partial charge in [0.05, 0.1) is 15.5 Å². The Morgan fingerprint density at radius 2 is 1.62 bits per heavy atom. The molecule has 0 aliphatic rings. The lowest BCUT2D eigenvalue weighted by Crippen LogP contribution is -2.52. The number of non-ortho nitro benzene ring substituents is 1. The van der Waals surface area contributed by atoms with Crippen LogP contribution in [0.5, 0.6) is 0 Å². The summed E-state index contributed by atoms with van der Waals surface area (Å²) in [6.45, 7) is 4.41. The van der Waals surface area contributed by atoms with Crippen molar-refractivity contribution in [1.29, 1.82) is 0 Å². The number of nitrogens with one attached hydrogen (secondary N) is 1. The van der Waals surface area contributed by atoms with Gasteiger partial charge in [-0.05, 0) is 56.7 Å². The van der Waals surface area contributed by atoms with Crippen molar-refractivity contribution in [1.82, 2.24) is 10.2 Å². The van der Waals surface area contributed by atoms with Crippen LogP contribution in [-0.4, -0.2) is 48.7 Å². The molecule has 0 saturated carbocycles. The van der Waals surface area contributed by atoms with Crippen molar-refractivity contribution >= 4 is 44.8 Å². The summed E-state index contributed by atoms with van der Waals surface area (Å²) in [6.07, 6.45) is 0. The fraction of sp³-hybridized carbons (Fsp3) is 0.259. The zero-order chi connectivity index (χ0) is 28.7. The number of rotatable bonds is 11. The third-order valence-corrected chi connectivity index (χ3v) is 7.84. The molecule has 39 heavy (non-hydrogen) atoms. The van der Waals surface area contributed by atoms with E-state index in [4.69, 9.17) is 11.6 Å². The minimum Gasteiger partial charge on any atom is -0.352 e. The molecule has 0 bridgehead atoms. The first-order chi connectivity index (χ1) is 18.4. The minimum atomic E-state index is -4.32. The topological polar surface area (TPSA) is 130 Å². The van der Waals surface area contributed by atoms with Gasteiger partial charge in [0.2, 0.25) is 11.8 Å². The first-order valence-corrected chi connectivity index (χ1v) is 13.9. The van der Waals surface area contributed by atoms with E-state index in [1.807, 2.05) is 0 Å². The van der Waals surface area contributed by atoms with E-state index in [2.05, 4.69) is 5.32 Å². The molecule has 0 aliphatic heterocycles. The van der Waals surface area contributed by atoms with Gasteiger partial charge >= 0.3 is 0 Å². The number of nitrogens with zero attached hydrogens (tertiary/aromatic N) is 3. The van der Waals surface area contributed by atoms with Crippen LogP contribution in [0.15, 0.2) is 83.8 Å². The van der Waals surface area contributed by atoms with E-state index in [0.717, 1.165) is 10.4 Å². The number of nitro groups is 1. The number of sulfonamides is 1. The molecule has 0 saturated heterocycles. The molecule has 3 aromatic carbocycles. The summed E-state index contributed by atoms with van der Waals surface area (Å²) >= 11 is 6.00. The zero-order valence-electron chi connectivity index (χ0n) is 21.7. The highest BCUT2D eigenvalue weighted by Crippen LogP contribution is 2.27. The number of hydrogen-bond acceptors (Lipinski definition) is 6. The first-order valence-electron chi connectivity index (χ1n) is 12.1. The normalized spacial score (nSPS) is 12.0. The van der Waals surface area contributed by atoms with Crippen LogP contribution in [0.25, 0.3) is 0 Å². The van der Waals surface area contributed by atoms with Crippen LogP contribution < -0.4 is 9.62 Å². The van der Waals surface area contributed by atoms with Crippen LogP contribution >= 0.6 is 11.6 Å². The second-order valence-electron chi connectivity index (χ2n) is 9.09. The number of amides is 2. The van der Waals surface area contributed by atoms with E-state index in [0.29, 0.717) is 10.6 Å². The van der Waals surface area contributed by atoms with Crippen molar-refractivity contribution < 1.29 is 22.9 Å². The smallest absolute Gasteiger partial charge is 0.271 e. The van der Waals surface area contributed by atoms with Crippen molar-refractivity contribution in [2.24, 2.45) is 0 Å². The van der Waals surface area contributed by atoms with Crippen LogP contribution in [0.2, 0.25) is 5.02 Å². The van der Waals surface area contributed by atoms with Gasteiger partial charge in [-0.2, -0.15) is 0 Å². The standard InChI is InChI=1S/C27H29ClN4O6S/c1-19(2)29-27(34)20(3)30(17-21-12-14-22(28)15-13-21)26(33)18-31(23-8-7-9-24(16-23)32(35)36)39(37,38)25-10-5-4-6-11-25/h4-16,19-20H,17-18H2,1-3H3,(H,29,34)/t20-/m1/s1. The summed E-state index contributed by atoms with van der Waals surface area (Å²) < 4.78 is 28.2. The molecule has 1 N–H and O–H groups in total. The van der Waals surface area contributed by atoms with Gasteiger partial charge in [-0.3, -0.25) is 24.0 Å². The van der Waals surface area contributed by atoms with E-state index >= 15 is 0 Å². The minimum absolute atomic E-state index is 0.00313. The highest BCUT2D eigenvalue weighted by Gasteiger charge is 2.33. The first kappa shape index (κ1) is 29.6. The summed E-state index contributed by atoms with van der Waals surface area (Å²) in [7, 11) is -4.32. The molecule has 0 fully saturated rings. The number of halogens is 1. The molecular weight excluding hydrogens is 544 g/mol. The Morgan fingerprint density at radius 3 is 2.21 bits per heavy atom. The van der Waals surface area contributed by atoms with E-state index in [1.54, 1.807) is 51.1 Å². The van der Waals surface area contributed by atoms with Gasteiger partial charge in [-0.25, -0.2) is 8.42 Å². The molecule has 12 heteroatoms. The van der Waals surface area contributed by atoms with Gasteiger partial charge in [-0.1, -0.05) is 48.0 Å². The van der Waals surface area contributed by atoms with Gasteiger partial charge in [0, 0.05) is 29.7 Å². The summed E-state index contributed by atoms with van der Waals surface area (Å²) in [5, 5.41) is 14.7. The average molecular weight is 573 g/mol. The van der Waals surface area contributed by atoms with Gasteiger partial charge in [0.25, 0.3) is 15.7 Å². The summed E-state index contributed by atoms with van der Waals surface area (Å²) in [5.74, 6) is -1.09. The molecule has 1 atom stereocenters. The average Bonchev–Trinajstić information content (AvgIpc) is 2.91. The number of nitro benzene ring substituents is 1. The molecule has 0 aliphatic carbocycles. The maximum Gasteiger partial charge on any atom is 0.271 e.